The van der Waals surface area contributed by atoms with E-state index in [1.54, 1.807) is 0 Å². The first kappa shape index (κ1) is 16.0. The van der Waals surface area contributed by atoms with Gasteiger partial charge in [-0.15, -0.1) is 11.3 Å². The van der Waals surface area contributed by atoms with Crippen molar-refractivity contribution >= 4 is 11.3 Å². The summed E-state index contributed by atoms with van der Waals surface area (Å²) >= 11 is 1.91. The fraction of sp³-hybridized carbons (Fsp3) is 0.824. The highest BCUT2D eigenvalue weighted by Gasteiger charge is 2.39. The summed E-state index contributed by atoms with van der Waals surface area (Å²) in [5, 5.41) is 5.17. The lowest BCUT2D eigenvalue weighted by atomic mass is 9.75. The third-order valence-corrected chi connectivity index (χ3v) is 5.93. The van der Waals surface area contributed by atoms with Gasteiger partial charge < -0.3 is 5.32 Å². The standard InChI is InChI=1S/C17H30N2S/c1-6-15-13(4)20-16(18-15)17(5,19-12(2)3)14-10-8-7-9-11-14/h12,14,19H,6-11H2,1-5H3. The molecule has 1 heterocycles. The maximum Gasteiger partial charge on any atom is 0.113 e. The van der Waals surface area contributed by atoms with Crippen molar-refractivity contribution in [3.8, 4) is 0 Å². The van der Waals surface area contributed by atoms with Gasteiger partial charge in [0.15, 0.2) is 0 Å². The van der Waals surface area contributed by atoms with Gasteiger partial charge in [-0.25, -0.2) is 4.98 Å². The molecule has 1 aromatic rings. The number of nitrogens with one attached hydrogen (secondary N) is 1. The van der Waals surface area contributed by atoms with Crippen LogP contribution in [-0.4, -0.2) is 11.0 Å². The predicted octanol–water partition coefficient (Wildman–Crippen LogP) is 4.81. The van der Waals surface area contributed by atoms with Gasteiger partial charge in [0.05, 0.1) is 11.2 Å². The van der Waals surface area contributed by atoms with Crippen molar-refractivity contribution in [1.29, 1.82) is 0 Å². The summed E-state index contributed by atoms with van der Waals surface area (Å²) in [6.45, 7) is 11.3. The summed E-state index contributed by atoms with van der Waals surface area (Å²) in [4.78, 5) is 6.38. The second-order valence-corrected chi connectivity index (χ2v) is 7.91. The van der Waals surface area contributed by atoms with Crippen molar-refractivity contribution in [2.75, 3.05) is 0 Å². The Morgan fingerprint density at radius 2 is 1.95 bits per heavy atom. The summed E-state index contributed by atoms with van der Waals surface area (Å²) < 4.78 is 0. The molecule has 0 aromatic carbocycles. The van der Waals surface area contributed by atoms with Gasteiger partial charge in [0.25, 0.3) is 0 Å². The van der Waals surface area contributed by atoms with Crippen LogP contribution in [0, 0.1) is 12.8 Å². The number of thiazole rings is 1. The Kier molecular flexibility index (Phi) is 5.25. The van der Waals surface area contributed by atoms with Crippen LogP contribution in [0.2, 0.25) is 0 Å². The molecular weight excluding hydrogens is 264 g/mol. The van der Waals surface area contributed by atoms with Gasteiger partial charge in [-0.2, -0.15) is 0 Å². The van der Waals surface area contributed by atoms with E-state index < -0.39 is 0 Å². The van der Waals surface area contributed by atoms with Crippen molar-refractivity contribution in [1.82, 2.24) is 10.3 Å². The first-order valence-corrected chi connectivity index (χ1v) is 9.03. The van der Waals surface area contributed by atoms with E-state index in [4.69, 9.17) is 4.98 Å². The maximum atomic E-state index is 4.98. The van der Waals surface area contributed by atoms with E-state index >= 15 is 0 Å². The topological polar surface area (TPSA) is 24.9 Å². The van der Waals surface area contributed by atoms with E-state index in [0.717, 1.165) is 12.3 Å². The zero-order chi connectivity index (χ0) is 14.8. The van der Waals surface area contributed by atoms with Crippen molar-refractivity contribution < 1.29 is 0 Å². The SMILES string of the molecule is CCc1nc(C(C)(NC(C)C)C2CCCCC2)sc1C. The number of hydrogen-bond acceptors (Lipinski definition) is 3. The van der Waals surface area contributed by atoms with E-state index in [1.807, 2.05) is 11.3 Å². The van der Waals surface area contributed by atoms with Crippen LogP contribution in [0.15, 0.2) is 0 Å². The number of rotatable bonds is 5. The van der Waals surface area contributed by atoms with Crippen LogP contribution in [0.3, 0.4) is 0 Å². The van der Waals surface area contributed by atoms with Crippen molar-refractivity contribution in [2.24, 2.45) is 5.92 Å². The molecule has 114 valence electrons. The highest BCUT2D eigenvalue weighted by Crippen LogP contribution is 2.41. The predicted molar refractivity (Wildman–Crippen MR) is 88.4 cm³/mol. The molecule has 2 rings (SSSR count). The van der Waals surface area contributed by atoms with E-state index in [9.17, 15) is 0 Å². The van der Waals surface area contributed by atoms with Crippen LogP contribution in [0.4, 0.5) is 0 Å². The Balaban J connectivity index is 2.33. The molecule has 1 unspecified atom stereocenters. The zero-order valence-corrected chi connectivity index (χ0v) is 14.6. The lowest BCUT2D eigenvalue weighted by Crippen LogP contribution is -2.49. The fourth-order valence-corrected chi connectivity index (χ4v) is 4.80. The molecule has 0 amide bonds. The smallest absolute Gasteiger partial charge is 0.113 e. The van der Waals surface area contributed by atoms with Gasteiger partial charge in [0.2, 0.25) is 0 Å². The molecule has 0 saturated heterocycles. The first-order chi connectivity index (χ1) is 9.47. The molecule has 1 N–H and O–H groups in total. The van der Waals surface area contributed by atoms with Gasteiger partial charge >= 0.3 is 0 Å². The molecule has 0 spiro atoms. The van der Waals surface area contributed by atoms with Crippen molar-refractivity contribution in [3.05, 3.63) is 15.6 Å². The molecule has 20 heavy (non-hydrogen) atoms. The van der Waals surface area contributed by atoms with Crippen LogP contribution < -0.4 is 5.32 Å². The van der Waals surface area contributed by atoms with E-state index in [-0.39, 0.29) is 5.54 Å². The molecular formula is C17H30N2S. The summed E-state index contributed by atoms with van der Waals surface area (Å²) in [5.74, 6) is 0.730. The Morgan fingerprint density at radius 3 is 2.45 bits per heavy atom. The number of aromatic nitrogens is 1. The minimum Gasteiger partial charge on any atom is -0.303 e. The van der Waals surface area contributed by atoms with Gasteiger partial charge in [0.1, 0.15) is 5.01 Å². The maximum absolute atomic E-state index is 4.98. The Hall–Kier alpha value is -0.410. The molecule has 1 atom stereocenters. The third-order valence-electron chi connectivity index (χ3n) is 4.68. The van der Waals surface area contributed by atoms with Crippen LogP contribution in [0.25, 0.3) is 0 Å². The Labute approximate surface area is 128 Å². The monoisotopic (exact) mass is 294 g/mol. The number of hydrogen-bond donors (Lipinski definition) is 1. The second-order valence-electron chi connectivity index (χ2n) is 6.71. The molecule has 1 saturated carbocycles. The average Bonchev–Trinajstić information content (AvgIpc) is 2.81. The molecule has 1 aliphatic rings. The van der Waals surface area contributed by atoms with Crippen LogP contribution in [0.1, 0.15) is 75.4 Å². The molecule has 1 fully saturated rings. The number of aryl methyl sites for hydroxylation is 2. The van der Waals surface area contributed by atoms with Gasteiger partial charge in [-0.1, -0.05) is 26.2 Å². The average molecular weight is 295 g/mol. The summed E-state index contributed by atoms with van der Waals surface area (Å²) in [6, 6.07) is 0.496. The largest absolute Gasteiger partial charge is 0.303 e. The lowest BCUT2D eigenvalue weighted by Gasteiger charge is -2.40. The highest BCUT2D eigenvalue weighted by atomic mass is 32.1. The molecule has 0 aliphatic heterocycles. The summed E-state index contributed by atoms with van der Waals surface area (Å²) in [7, 11) is 0. The third kappa shape index (κ3) is 3.25. The van der Waals surface area contributed by atoms with Crippen LogP contribution in [-0.2, 0) is 12.0 Å². The van der Waals surface area contributed by atoms with Gasteiger partial charge in [-0.05, 0) is 52.9 Å². The van der Waals surface area contributed by atoms with Crippen LogP contribution in [0.5, 0.6) is 0 Å². The molecule has 1 aromatic heterocycles. The minimum atomic E-state index is 0.0530. The molecule has 2 nitrogen and oxygen atoms in total. The molecule has 1 aliphatic carbocycles. The highest BCUT2D eigenvalue weighted by molar-refractivity contribution is 7.11. The zero-order valence-electron chi connectivity index (χ0n) is 13.8. The van der Waals surface area contributed by atoms with Crippen molar-refractivity contribution in [2.45, 2.75) is 84.7 Å². The van der Waals surface area contributed by atoms with Crippen LogP contribution >= 0.6 is 11.3 Å². The molecule has 0 radical (unpaired) electrons. The van der Waals surface area contributed by atoms with Gasteiger partial charge in [-0.3, -0.25) is 0 Å². The fourth-order valence-electron chi connectivity index (χ4n) is 3.61. The normalized spacial score (nSPS) is 20.3. The number of nitrogens with zero attached hydrogens (tertiary/aromatic N) is 1. The Morgan fingerprint density at radius 1 is 1.30 bits per heavy atom. The summed E-state index contributed by atoms with van der Waals surface area (Å²) in [6.07, 6.45) is 7.90. The summed E-state index contributed by atoms with van der Waals surface area (Å²) in [5.41, 5.74) is 1.34. The quantitative estimate of drug-likeness (QED) is 0.843. The molecule has 0 bridgehead atoms. The first-order valence-electron chi connectivity index (χ1n) is 8.21. The minimum absolute atomic E-state index is 0.0530. The van der Waals surface area contributed by atoms with E-state index in [1.165, 1.54) is 47.7 Å². The Bertz CT molecular complexity index is 432. The van der Waals surface area contributed by atoms with Gasteiger partial charge in [0, 0.05) is 10.9 Å². The van der Waals surface area contributed by atoms with Crippen molar-refractivity contribution in [3.63, 3.8) is 0 Å². The lowest BCUT2D eigenvalue weighted by molar-refractivity contribution is 0.165. The second kappa shape index (κ2) is 6.57. The van der Waals surface area contributed by atoms with E-state index in [2.05, 4.69) is 39.9 Å². The molecule has 3 heteroatoms. The van der Waals surface area contributed by atoms with E-state index in [0.29, 0.717) is 6.04 Å².